The van der Waals surface area contributed by atoms with Gasteiger partial charge in [-0.2, -0.15) is 4.31 Å². The molecule has 1 aromatic heterocycles. The van der Waals surface area contributed by atoms with Gasteiger partial charge in [-0.3, -0.25) is 9.59 Å². The van der Waals surface area contributed by atoms with Crippen LogP contribution in [0.15, 0.2) is 41.3 Å². The van der Waals surface area contributed by atoms with Crippen molar-refractivity contribution in [2.75, 3.05) is 55.6 Å². The van der Waals surface area contributed by atoms with Gasteiger partial charge in [0.1, 0.15) is 22.2 Å². The molecule has 60 heavy (non-hydrogen) atoms. The summed E-state index contributed by atoms with van der Waals surface area (Å²) in [5.74, 6) is -5.26. The van der Waals surface area contributed by atoms with Crippen molar-refractivity contribution in [1.29, 1.82) is 0 Å². The van der Waals surface area contributed by atoms with Gasteiger partial charge < -0.3 is 40.3 Å². The number of ether oxygens (including phenoxy) is 2. The number of pyridine rings is 1. The second-order valence-electron chi connectivity index (χ2n) is 17.4. The lowest BCUT2D eigenvalue weighted by Gasteiger charge is -2.36. The maximum Gasteiger partial charge on any atom is 0.407 e. The van der Waals surface area contributed by atoms with E-state index in [1.807, 2.05) is 0 Å². The number of alkyl carbamates (subject to hydrolysis) is 2. The summed E-state index contributed by atoms with van der Waals surface area (Å²) < 4.78 is 71.1. The standard InChI is InChI=1S/C40H56ClF2N7O9S/c1-38(2,3)58-36(54)45-23-30(51)22-44-35(53)25-7-9-26(10-8-25)40(42,43)27-19-32(41)47-33(20-27)48-15-17-49(18-16-48)60(56,57)31-13-11-29(12-14-31)50-24-28(21-34(50)52)46-37(55)59-39(4,5)6/h11-14,19-20,25-26,28,30,51H,7-10,15-18,21-24H2,1-6H3,(H,44,53)(H,45,54)(H,46,55)/t25?,26?,28-,30?/m1/s1. The molecule has 332 valence electrons. The van der Waals surface area contributed by atoms with Crippen molar-refractivity contribution < 1.29 is 51.0 Å². The number of anilines is 2. The van der Waals surface area contributed by atoms with Gasteiger partial charge in [-0.05, 0) is 104 Å². The fourth-order valence-electron chi connectivity index (χ4n) is 7.37. The number of nitrogens with zero attached hydrogens (tertiary/aromatic N) is 4. The van der Waals surface area contributed by atoms with Crippen molar-refractivity contribution >= 4 is 57.1 Å². The zero-order valence-electron chi connectivity index (χ0n) is 34.8. The zero-order chi connectivity index (χ0) is 44.2. The van der Waals surface area contributed by atoms with Crippen molar-refractivity contribution in [3.05, 3.63) is 47.1 Å². The molecule has 2 aromatic rings. The molecule has 1 aliphatic carbocycles. The highest BCUT2D eigenvalue weighted by molar-refractivity contribution is 7.89. The number of piperazine rings is 1. The van der Waals surface area contributed by atoms with Gasteiger partial charge in [0.2, 0.25) is 21.8 Å². The van der Waals surface area contributed by atoms with E-state index in [2.05, 4.69) is 20.9 Å². The van der Waals surface area contributed by atoms with Crippen molar-refractivity contribution in [1.82, 2.24) is 25.2 Å². The second-order valence-corrected chi connectivity index (χ2v) is 19.8. The Bertz CT molecular complexity index is 1980. The van der Waals surface area contributed by atoms with Crippen LogP contribution >= 0.6 is 11.6 Å². The summed E-state index contributed by atoms with van der Waals surface area (Å²) in [7, 11) is -3.95. The highest BCUT2D eigenvalue weighted by atomic mass is 35.5. The molecule has 0 bridgehead atoms. The van der Waals surface area contributed by atoms with Crippen molar-refractivity contribution in [2.45, 2.75) is 108 Å². The summed E-state index contributed by atoms with van der Waals surface area (Å²) in [4.78, 5) is 57.1. The summed E-state index contributed by atoms with van der Waals surface area (Å²) in [6.45, 7) is 10.7. The minimum absolute atomic E-state index is 0.0231. The molecule has 4 N–H and O–H groups in total. The van der Waals surface area contributed by atoms with E-state index in [1.54, 1.807) is 46.4 Å². The molecule has 0 spiro atoms. The minimum atomic E-state index is -3.95. The van der Waals surface area contributed by atoms with E-state index < -0.39 is 63.3 Å². The fourth-order valence-corrected chi connectivity index (χ4v) is 9.00. The first-order valence-electron chi connectivity index (χ1n) is 20.0. The normalized spacial score (nSPS) is 21.3. The van der Waals surface area contributed by atoms with E-state index in [1.165, 1.54) is 39.5 Å². The van der Waals surface area contributed by atoms with Crippen LogP contribution in [0.3, 0.4) is 0 Å². The summed E-state index contributed by atoms with van der Waals surface area (Å²) in [6.07, 6.45) is -1.76. The molecule has 3 aliphatic rings. The number of aromatic nitrogens is 1. The smallest absolute Gasteiger partial charge is 0.407 e. The van der Waals surface area contributed by atoms with Crippen LogP contribution in [0.4, 0.5) is 29.9 Å². The van der Waals surface area contributed by atoms with Crippen LogP contribution in [0.5, 0.6) is 0 Å². The van der Waals surface area contributed by atoms with E-state index in [0.717, 1.165) is 6.07 Å². The average Bonchev–Trinajstić information content (AvgIpc) is 3.53. The van der Waals surface area contributed by atoms with Crippen LogP contribution in [0, 0.1) is 11.8 Å². The van der Waals surface area contributed by atoms with E-state index in [4.69, 9.17) is 21.1 Å². The van der Waals surface area contributed by atoms with Gasteiger partial charge >= 0.3 is 12.2 Å². The van der Waals surface area contributed by atoms with Gasteiger partial charge in [-0.1, -0.05) is 11.6 Å². The van der Waals surface area contributed by atoms with Gasteiger partial charge in [0.15, 0.2) is 0 Å². The molecule has 2 aliphatic heterocycles. The molecule has 3 fully saturated rings. The van der Waals surface area contributed by atoms with Crippen LogP contribution in [-0.4, -0.2) is 116 Å². The predicted molar refractivity (Wildman–Crippen MR) is 219 cm³/mol. The maximum atomic E-state index is 16.1. The number of halogens is 3. The number of nitrogens with one attached hydrogen (secondary N) is 3. The Morgan fingerprint density at radius 3 is 2.08 bits per heavy atom. The Labute approximate surface area is 354 Å². The molecule has 0 radical (unpaired) electrons. The Balaban J connectivity index is 1.11. The second kappa shape index (κ2) is 18.7. The highest BCUT2D eigenvalue weighted by Gasteiger charge is 2.45. The van der Waals surface area contributed by atoms with E-state index >= 15 is 8.78 Å². The molecular weight excluding hydrogens is 828 g/mol. The molecule has 4 amide bonds. The SMILES string of the molecule is CC(C)(C)OC(=O)NCC(O)CNC(=O)C1CCC(C(F)(F)c2cc(Cl)nc(N3CCN(S(=O)(=O)c4ccc(N5C[C@H](NC(=O)OC(C)(C)C)CC5=O)cc4)CC3)c2)CC1. The molecule has 3 heterocycles. The number of aliphatic hydroxyl groups is 1. The Kier molecular flexibility index (Phi) is 14.6. The van der Waals surface area contributed by atoms with Crippen LogP contribution in [0.2, 0.25) is 5.15 Å². The van der Waals surface area contributed by atoms with E-state index in [-0.39, 0.29) is 111 Å². The molecule has 2 saturated heterocycles. The largest absolute Gasteiger partial charge is 0.444 e. The third kappa shape index (κ3) is 12.4. The van der Waals surface area contributed by atoms with Gasteiger partial charge in [-0.25, -0.2) is 31.8 Å². The average molecular weight is 884 g/mol. The highest BCUT2D eigenvalue weighted by Crippen LogP contribution is 2.46. The minimum Gasteiger partial charge on any atom is -0.444 e. The van der Waals surface area contributed by atoms with Crippen LogP contribution in [0.25, 0.3) is 0 Å². The fraction of sp³-hybridized carbons (Fsp3) is 0.625. The quantitative estimate of drug-likeness (QED) is 0.214. The van der Waals surface area contributed by atoms with Crippen LogP contribution in [-0.2, 0) is 35.0 Å². The van der Waals surface area contributed by atoms with Crippen LogP contribution in [0.1, 0.15) is 79.2 Å². The summed E-state index contributed by atoms with van der Waals surface area (Å²) in [5, 5.41) is 17.8. The number of sulfonamides is 1. The maximum absolute atomic E-state index is 16.1. The lowest BCUT2D eigenvalue weighted by atomic mass is 9.77. The van der Waals surface area contributed by atoms with Gasteiger partial charge in [-0.15, -0.1) is 0 Å². The van der Waals surface area contributed by atoms with E-state index in [9.17, 15) is 32.7 Å². The third-order valence-electron chi connectivity index (χ3n) is 10.4. The number of aliphatic hydroxyl groups excluding tert-OH is 1. The first kappa shape index (κ1) is 46.7. The number of hydrogen-bond acceptors (Lipinski definition) is 11. The number of amides is 4. The number of hydrogen-bond donors (Lipinski definition) is 4. The summed E-state index contributed by atoms with van der Waals surface area (Å²) in [5.41, 5.74) is -1.23. The molecule has 1 aromatic carbocycles. The van der Waals surface area contributed by atoms with Crippen LogP contribution < -0.4 is 25.8 Å². The first-order valence-corrected chi connectivity index (χ1v) is 21.9. The molecular formula is C40H56ClF2N7O9S. The number of benzene rings is 1. The zero-order valence-corrected chi connectivity index (χ0v) is 36.4. The lowest BCUT2D eigenvalue weighted by molar-refractivity contribution is -0.129. The van der Waals surface area contributed by atoms with Crippen molar-refractivity contribution in [3.63, 3.8) is 0 Å². The lowest BCUT2D eigenvalue weighted by Crippen LogP contribution is -2.49. The Morgan fingerprint density at radius 1 is 0.900 bits per heavy atom. The number of alkyl halides is 2. The first-order chi connectivity index (χ1) is 27.9. The monoisotopic (exact) mass is 883 g/mol. The summed E-state index contributed by atoms with van der Waals surface area (Å²) >= 11 is 6.28. The Morgan fingerprint density at radius 2 is 1.48 bits per heavy atom. The van der Waals surface area contributed by atoms with Gasteiger partial charge in [0.25, 0.3) is 5.92 Å². The molecule has 5 rings (SSSR count). The Hall–Kier alpha value is -4.33. The van der Waals surface area contributed by atoms with Gasteiger partial charge in [0, 0.05) is 75.3 Å². The topological polar surface area (TPSA) is 200 Å². The molecule has 1 saturated carbocycles. The number of carbonyl (C=O) groups is 4. The molecule has 20 heteroatoms. The predicted octanol–water partition coefficient (Wildman–Crippen LogP) is 4.78. The molecule has 16 nitrogen and oxygen atoms in total. The third-order valence-corrected chi connectivity index (χ3v) is 12.5. The number of rotatable bonds is 12. The van der Waals surface area contributed by atoms with E-state index in [0.29, 0.717) is 5.69 Å². The molecule has 1 unspecified atom stereocenters. The number of carbonyl (C=O) groups excluding carboxylic acids is 4. The van der Waals surface area contributed by atoms with Gasteiger partial charge in [0.05, 0.1) is 17.0 Å². The summed E-state index contributed by atoms with van der Waals surface area (Å²) in [6, 6.07) is 7.87. The van der Waals surface area contributed by atoms with Crippen molar-refractivity contribution in [2.24, 2.45) is 11.8 Å². The van der Waals surface area contributed by atoms with Crippen molar-refractivity contribution in [3.8, 4) is 0 Å². The molecule has 2 atom stereocenters.